The number of pyridine rings is 2. The van der Waals surface area contributed by atoms with Crippen molar-refractivity contribution >= 4 is 23.1 Å². The van der Waals surface area contributed by atoms with E-state index in [1.165, 1.54) is 0 Å². The van der Waals surface area contributed by atoms with E-state index in [-0.39, 0.29) is 53.6 Å². The molecule has 0 spiro atoms. The summed E-state index contributed by atoms with van der Waals surface area (Å²) in [5, 5.41) is 24.4. The van der Waals surface area contributed by atoms with Gasteiger partial charge in [0, 0.05) is 56.0 Å². The monoisotopic (exact) mass is 682 g/mol. The van der Waals surface area contributed by atoms with Crippen molar-refractivity contribution in [2.75, 3.05) is 45.2 Å². The average molecular weight is 683 g/mol. The number of likely N-dealkylation sites (N-methyl/N-ethyl adjacent to an activating group) is 1. The van der Waals surface area contributed by atoms with Crippen molar-refractivity contribution in [3.63, 3.8) is 0 Å². The molecule has 0 radical (unpaired) electrons. The molecule has 2 amide bonds. The fraction of sp³-hybridized carbons (Fsp3) is 0.500. The Kier molecular flexibility index (Phi) is 10.2. The molecule has 1 saturated heterocycles. The maximum atomic E-state index is 13.4. The number of benzene rings is 1. The van der Waals surface area contributed by atoms with Gasteiger partial charge in [-0.15, -0.1) is 10.2 Å². The minimum atomic E-state index is -0.363. The zero-order chi connectivity index (χ0) is 35.6. The first kappa shape index (κ1) is 35.4. The van der Waals surface area contributed by atoms with Gasteiger partial charge >= 0.3 is 6.03 Å². The largest absolute Gasteiger partial charge is 0.484 e. The summed E-state index contributed by atoms with van der Waals surface area (Å²) in [7, 11) is 2.16. The van der Waals surface area contributed by atoms with Crippen molar-refractivity contribution in [2.24, 2.45) is 0 Å². The number of amides is 2. The van der Waals surface area contributed by atoms with Crippen LogP contribution in [0.4, 0.5) is 10.5 Å². The van der Waals surface area contributed by atoms with Crippen LogP contribution in [-0.4, -0.2) is 86.1 Å². The molecule has 0 unspecified atom stereocenters. The molecule has 1 aromatic carbocycles. The van der Waals surface area contributed by atoms with E-state index in [0.717, 1.165) is 54.5 Å². The maximum Gasteiger partial charge on any atom is 0.319 e. The number of rotatable bonds is 10. The Hall–Kier alpha value is -4.39. The molecule has 3 aromatic heterocycles. The molecular formula is C38H50N8O4. The van der Waals surface area contributed by atoms with E-state index in [1.807, 2.05) is 67.8 Å². The lowest BCUT2D eigenvalue weighted by Gasteiger charge is -2.42. The summed E-state index contributed by atoms with van der Waals surface area (Å²) in [6.45, 7) is 14.3. The van der Waals surface area contributed by atoms with Gasteiger partial charge in [0.1, 0.15) is 17.5 Å². The molecule has 1 aliphatic heterocycles. The molecule has 0 saturated carbocycles. The number of ether oxygens (including phenoxy) is 1. The highest BCUT2D eigenvalue weighted by Gasteiger charge is 2.35. The number of nitrogens with zero attached hydrogens (tertiary/aromatic N) is 6. The van der Waals surface area contributed by atoms with Crippen molar-refractivity contribution < 1.29 is 19.4 Å². The summed E-state index contributed by atoms with van der Waals surface area (Å²) < 4.78 is 8.71. The Morgan fingerprint density at radius 3 is 2.42 bits per heavy atom. The Bertz CT molecular complexity index is 1840. The summed E-state index contributed by atoms with van der Waals surface area (Å²) in [4.78, 5) is 35.6. The van der Waals surface area contributed by atoms with E-state index in [1.54, 1.807) is 6.07 Å². The van der Waals surface area contributed by atoms with Crippen LogP contribution in [0.25, 0.3) is 5.65 Å². The summed E-state index contributed by atoms with van der Waals surface area (Å²) in [6.07, 6.45) is 3.73. The van der Waals surface area contributed by atoms with E-state index >= 15 is 0 Å². The van der Waals surface area contributed by atoms with Crippen LogP contribution in [0.3, 0.4) is 0 Å². The Morgan fingerprint density at radius 2 is 1.70 bits per heavy atom. The fourth-order valence-corrected chi connectivity index (χ4v) is 6.88. The lowest BCUT2D eigenvalue weighted by Crippen LogP contribution is -2.52. The number of hydrogen-bond acceptors (Lipinski definition) is 9. The molecule has 3 N–H and O–H groups in total. The van der Waals surface area contributed by atoms with Crippen LogP contribution in [0.5, 0.6) is 5.75 Å². The van der Waals surface area contributed by atoms with Gasteiger partial charge in [-0.25, -0.2) is 9.78 Å². The Morgan fingerprint density at radius 1 is 0.960 bits per heavy atom. The number of aromatic nitrogens is 4. The highest BCUT2D eigenvalue weighted by Crippen LogP contribution is 2.39. The third-order valence-electron chi connectivity index (χ3n) is 9.94. The molecule has 2 atom stereocenters. The van der Waals surface area contributed by atoms with Gasteiger partial charge in [0.15, 0.2) is 17.3 Å². The van der Waals surface area contributed by atoms with Crippen LogP contribution >= 0.6 is 0 Å². The van der Waals surface area contributed by atoms with Crippen molar-refractivity contribution in [1.82, 2.24) is 34.7 Å². The molecule has 4 aromatic rings. The molecule has 50 heavy (non-hydrogen) atoms. The third kappa shape index (κ3) is 7.67. The molecule has 4 heterocycles. The van der Waals surface area contributed by atoms with Crippen LogP contribution in [0, 0.1) is 0 Å². The van der Waals surface area contributed by atoms with E-state index in [2.05, 4.69) is 62.6 Å². The molecule has 266 valence electrons. The molecule has 0 bridgehead atoms. The van der Waals surface area contributed by atoms with E-state index in [4.69, 9.17) is 4.74 Å². The Balaban J connectivity index is 1.17. The number of carbonyl (C=O) groups excluding carboxylic acids is 2. The summed E-state index contributed by atoms with van der Waals surface area (Å²) in [5.41, 5.74) is 3.65. The number of anilines is 1. The first-order valence-electron chi connectivity index (χ1n) is 17.6. The smallest absolute Gasteiger partial charge is 0.319 e. The summed E-state index contributed by atoms with van der Waals surface area (Å²) in [6, 6.07) is 14.8. The van der Waals surface area contributed by atoms with Crippen molar-refractivity contribution in [3.8, 4) is 5.75 Å². The predicted octanol–water partition coefficient (Wildman–Crippen LogP) is 5.64. The van der Waals surface area contributed by atoms with Crippen LogP contribution in [0.15, 0.2) is 54.7 Å². The number of carbonyl (C=O) groups is 2. The van der Waals surface area contributed by atoms with Crippen LogP contribution in [-0.2, 0) is 11.0 Å². The lowest BCUT2D eigenvalue weighted by atomic mass is 9.85. The number of hydrogen-bond donors (Lipinski definition) is 3. The van der Waals surface area contributed by atoms with Gasteiger partial charge in [-0.3, -0.25) is 14.1 Å². The summed E-state index contributed by atoms with van der Waals surface area (Å²) in [5.74, 6) is 1.44. The zero-order valence-electron chi connectivity index (χ0n) is 30.1. The average Bonchev–Trinajstić information content (AvgIpc) is 3.52. The van der Waals surface area contributed by atoms with Gasteiger partial charge in [0.05, 0.1) is 17.8 Å². The van der Waals surface area contributed by atoms with Crippen LogP contribution in [0.2, 0.25) is 0 Å². The second-order valence-corrected chi connectivity index (χ2v) is 15.1. The molecular weight excluding hydrogens is 632 g/mol. The predicted molar refractivity (Wildman–Crippen MR) is 193 cm³/mol. The van der Waals surface area contributed by atoms with Gasteiger partial charge in [0.2, 0.25) is 0 Å². The van der Waals surface area contributed by atoms with Crippen molar-refractivity contribution in [1.29, 1.82) is 0 Å². The highest BCUT2D eigenvalue weighted by molar-refractivity contribution is 5.97. The van der Waals surface area contributed by atoms with Crippen LogP contribution in [0.1, 0.15) is 106 Å². The normalized spacial score (nSPS) is 18.9. The van der Waals surface area contributed by atoms with Crippen molar-refractivity contribution in [2.45, 2.75) is 83.4 Å². The first-order chi connectivity index (χ1) is 23.8. The molecule has 1 fully saturated rings. The Labute approximate surface area is 294 Å². The number of piperazine rings is 1. The minimum absolute atomic E-state index is 0.0687. The second kappa shape index (κ2) is 14.5. The number of aliphatic hydroxyl groups is 1. The fourth-order valence-electron chi connectivity index (χ4n) is 6.88. The molecule has 2 aliphatic rings. The van der Waals surface area contributed by atoms with Gasteiger partial charge in [-0.2, -0.15) is 0 Å². The zero-order valence-corrected chi connectivity index (χ0v) is 30.1. The van der Waals surface area contributed by atoms with E-state index in [0.29, 0.717) is 30.6 Å². The summed E-state index contributed by atoms with van der Waals surface area (Å²) >= 11 is 0. The van der Waals surface area contributed by atoms with Gasteiger partial charge in [-0.05, 0) is 75.5 Å². The van der Waals surface area contributed by atoms with E-state index in [9.17, 15) is 14.7 Å². The van der Waals surface area contributed by atoms with Gasteiger partial charge < -0.3 is 25.4 Å². The standard InChI is InChI=1S/C38H50N8O4/c1-37(2,3)33-23-25(22-30(40-33)31(48)12-9-21-47)39-36(49)41-29-14-15-32(28-11-8-7-10-27(28)29)50-26-13-16-34-42-43-35(46(34)24-26)38(4,5)45-19-17-44(6)18-20-45/h7-8,10-11,13,16,22-24,29,32,47H,9,12,14-15,17-21H2,1-6H3,(H2,39,40,41,49)/t29-,32+/m0/s1. The number of ketones is 1. The molecule has 6 rings (SSSR count). The van der Waals surface area contributed by atoms with Crippen molar-refractivity contribution in [3.05, 3.63) is 83.1 Å². The highest BCUT2D eigenvalue weighted by atomic mass is 16.5. The maximum absolute atomic E-state index is 13.4. The van der Waals surface area contributed by atoms with Crippen LogP contribution < -0.4 is 15.4 Å². The quantitative estimate of drug-likeness (QED) is 0.182. The van der Waals surface area contributed by atoms with E-state index < -0.39 is 0 Å². The van der Waals surface area contributed by atoms with Gasteiger partial charge in [-0.1, -0.05) is 45.0 Å². The first-order valence-corrected chi connectivity index (χ1v) is 17.6. The third-order valence-corrected chi connectivity index (χ3v) is 9.94. The second-order valence-electron chi connectivity index (χ2n) is 15.1. The van der Waals surface area contributed by atoms with Gasteiger partial charge in [0.25, 0.3) is 0 Å². The topological polar surface area (TPSA) is 137 Å². The number of fused-ring (bicyclic) bond motifs is 2. The molecule has 12 nitrogen and oxygen atoms in total. The SMILES string of the molecule is CN1CCN(C(C)(C)c2nnc3ccc(O[C@@H]4CC[C@H](NC(=O)Nc5cc(C(=O)CCCO)nc(C(C)(C)C)c5)c5ccccc54)cn23)CC1. The molecule has 12 heteroatoms. The number of nitrogens with one attached hydrogen (secondary N) is 2. The number of urea groups is 1. The lowest BCUT2D eigenvalue weighted by molar-refractivity contribution is 0.0544. The number of aliphatic hydroxyl groups excluding tert-OH is 1. The number of Topliss-reactive ketones (excluding diaryl/α,β-unsaturated/α-hetero) is 1. The minimum Gasteiger partial charge on any atom is -0.484 e. The molecule has 1 aliphatic carbocycles.